The van der Waals surface area contributed by atoms with Gasteiger partial charge in [0.05, 0.1) is 11.2 Å². The van der Waals surface area contributed by atoms with E-state index in [-0.39, 0.29) is 17.8 Å². The second kappa shape index (κ2) is 8.37. The van der Waals surface area contributed by atoms with E-state index < -0.39 is 13.2 Å². The third-order valence-electron chi connectivity index (χ3n) is 5.44. The summed E-state index contributed by atoms with van der Waals surface area (Å²) in [4.78, 5) is 11.9. The molecule has 0 unspecified atom stereocenters. The lowest BCUT2D eigenvalue weighted by atomic mass is 9.75. The largest absolute Gasteiger partial charge is 0.495 e. The van der Waals surface area contributed by atoms with Crippen LogP contribution in [0.4, 0.5) is 4.79 Å². The number of hydrogen-bond donors (Lipinski definition) is 1. The fourth-order valence-corrected chi connectivity index (χ4v) is 3.04. The molecule has 0 aliphatic carbocycles. The molecule has 1 heterocycles. The van der Waals surface area contributed by atoms with Crippen molar-refractivity contribution in [1.82, 2.24) is 5.32 Å². The molecule has 148 valence electrons. The van der Waals surface area contributed by atoms with E-state index >= 15 is 0 Å². The average Bonchev–Trinajstić information content (AvgIpc) is 2.88. The molecule has 0 saturated carbocycles. The smallest absolute Gasteiger partial charge is 0.445 e. The summed E-state index contributed by atoms with van der Waals surface area (Å²) in [5.74, 6) is 0. The van der Waals surface area contributed by atoms with Gasteiger partial charge in [0.25, 0.3) is 0 Å². The first-order chi connectivity index (χ1) is 13.3. The van der Waals surface area contributed by atoms with Crippen molar-refractivity contribution in [2.75, 3.05) is 6.54 Å². The molecule has 1 N–H and O–H groups in total. The van der Waals surface area contributed by atoms with Crippen molar-refractivity contribution in [3.05, 3.63) is 65.7 Å². The van der Waals surface area contributed by atoms with E-state index in [0.717, 1.165) is 16.6 Å². The number of carbonyl (C=O) groups is 1. The summed E-state index contributed by atoms with van der Waals surface area (Å²) >= 11 is 0. The van der Waals surface area contributed by atoms with Gasteiger partial charge in [0.2, 0.25) is 0 Å². The predicted octanol–water partition coefficient (Wildman–Crippen LogP) is 3.45. The Kier molecular flexibility index (Phi) is 6.11. The third kappa shape index (κ3) is 4.75. The zero-order valence-corrected chi connectivity index (χ0v) is 17.0. The fraction of sp³-hybridized carbons (Fsp3) is 0.409. The van der Waals surface area contributed by atoms with Crippen LogP contribution in [0.3, 0.4) is 0 Å². The van der Waals surface area contributed by atoms with E-state index in [4.69, 9.17) is 14.0 Å². The maximum Gasteiger partial charge on any atom is 0.495 e. The molecule has 2 aromatic carbocycles. The summed E-state index contributed by atoms with van der Waals surface area (Å²) in [6.45, 7) is 8.90. The summed E-state index contributed by atoms with van der Waals surface area (Å²) in [5, 5.41) is 2.81. The molecule has 0 atom stereocenters. The van der Waals surface area contributed by atoms with Crippen LogP contribution >= 0.6 is 0 Å². The SMILES string of the molecule is CC1(C)OB(c2ccccc2CCNC(=O)OCc2ccccc2)OC1(C)C. The Morgan fingerprint density at radius 3 is 2.25 bits per heavy atom. The number of carbonyl (C=O) groups excluding carboxylic acids is 1. The van der Waals surface area contributed by atoms with Gasteiger partial charge in [-0.2, -0.15) is 0 Å². The Morgan fingerprint density at radius 2 is 1.57 bits per heavy atom. The van der Waals surface area contributed by atoms with Crippen LogP contribution in [0, 0.1) is 0 Å². The van der Waals surface area contributed by atoms with Gasteiger partial charge >= 0.3 is 13.2 Å². The van der Waals surface area contributed by atoms with Crippen LogP contribution in [0.25, 0.3) is 0 Å². The monoisotopic (exact) mass is 381 g/mol. The quantitative estimate of drug-likeness (QED) is 0.779. The topological polar surface area (TPSA) is 56.8 Å². The van der Waals surface area contributed by atoms with Gasteiger partial charge in [-0.15, -0.1) is 0 Å². The van der Waals surface area contributed by atoms with Crippen LogP contribution in [-0.4, -0.2) is 31.0 Å². The van der Waals surface area contributed by atoms with E-state index in [1.54, 1.807) is 0 Å². The highest BCUT2D eigenvalue weighted by atomic mass is 16.7. The van der Waals surface area contributed by atoms with E-state index in [2.05, 4.69) is 5.32 Å². The number of rotatable bonds is 6. The summed E-state index contributed by atoms with van der Waals surface area (Å²) in [6, 6.07) is 17.6. The first-order valence-electron chi connectivity index (χ1n) is 9.66. The average molecular weight is 381 g/mol. The Bertz CT molecular complexity index is 791. The number of nitrogens with one attached hydrogen (secondary N) is 1. The second-order valence-electron chi connectivity index (χ2n) is 8.03. The normalized spacial score (nSPS) is 17.4. The van der Waals surface area contributed by atoms with Crippen molar-refractivity contribution in [2.45, 2.75) is 51.9 Å². The molecule has 1 amide bonds. The van der Waals surface area contributed by atoms with Gasteiger partial charge in [0.15, 0.2) is 0 Å². The molecule has 6 heteroatoms. The van der Waals surface area contributed by atoms with Crippen molar-refractivity contribution in [2.24, 2.45) is 0 Å². The molecule has 0 bridgehead atoms. The van der Waals surface area contributed by atoms with Gasteiger partial charge in [-0.3, -0.25) is 0 Å². The Labute approximate surface area is 167 Å². The molecule has 1 saturated heterocycles. The number of alkyl carbamates (subject to hydrolysis) is 1. The standard InChI is InChI=1S/C22H28BNO4/c1-21(2)22(3,4)28-23(27-21)19-13-9-8-12-18(19)14-15-24-20(25)26-16-17-10-6-5-7-11-17/h5-13H,14-16H2,1-4H3,(H,24,25). The molecule has 5 nitrogen and oxygen atoms in total. The van der Waals surface area contributed by atoms with E-state index in [1.165, 1.54) is 0 Å². The summed E-state index contributed by atoms with van der Waals surface area (Å²) in [7, 11) is -0.411. The first-order valence-corrected chi connectivity index (χ1v) is 9.66. The molecule has 0 spiro atoms. The molecule has 1 aliphatic heterocycles. The minimum Gasteiger partial charge on any atom is -0.445 e. The zero-order chi connectivity index (χ0) is 20.2. The van der Waals surface area contributed by atoms with Crippen LogP contribution in [0.15, 0.2) is 54.6 Å². The van der Waals surface area contributed by atoms with Crippen LogP contribution in [0.1, 0.15) is 38.8 Å². The molecule has 1 aliphatic rings. The van der Waals surface area contributed by atoms with Gasteiger partial charge in [-0.1, -0.05) is 54.6 Å². The Hall–Kier alpha value is -2.31. The maximum atomic E-state index is 11.9. The molecular formula is C22H28BNO4. The van der Waals surface area contributed by atoms with Crippen LogP contribution in [-0.2, 0) is 27.1 Å². The third-order valence-corrected chi connectivity index (χ3v) is 5.44. The highest BCUT2D eigenvalue weighted by Gasteiger charge is 2.52. The molecule has 0 aromatic heterocycles. The van der Waals surface area contributed by atoms with Crippen molar-refractivity contribution < 1.29 is 18.8 Å². The van der Waals surface area contributed by atoms with Crippen LogP contribution < -0.4 is 10.8 Å². The molecule has 3 rings (SSSR count). The fourth-order valence-electron chi connectivity index (χ4n) is 3.04. The molecule has 2 aromatic rings. The van der Waals surface area contributed by atoms with Gasteiger partial charge < -0.3 is 19.4 Å². The molecular weight excluding hydrogens is 353 g/mol. The molecule has 1 fully saturated rings. The van der Waals surface area contributed by atoms with Crippen molar-refractivity contribution in [3.8, 4) is 0 Å². The van der Waals surface area contributed by atoms with Crippen molar-refractivity contribution >= 4 is 18.7 Å². The van der Waals surface area contributed by atoms with Crippen molar-refractivity contribution in [3.63, 3.8) is 0 Å². The highest BCUT2D eigenvalue weighted by molar-refractivity contribution is 6.62. The summed E-state index contributed by atoms with van der Waals surface area (Å²) in [6.07, 6.45) is 0.248. The van der Waals surface area contributed by atoms with Gasteiger partial charge in [0, 0.05) is 6.54 Å². The second-order valence-corrected chi connectivity index (χ2v) is 8.03. The van der Waals surface area contributed by atoms with E-state index in [1.807, 2.05) is 82.3 Å². The lowest BCUT2D eigenvalue weighted by Gasteiger charge is -2.32. The van der Waals surface area contributed by atoms with Gasteiger partial charge in [0.1, 0.15) is 6.61 Å². The predicted molar refractivity (Wildman–Crippen MR) is 110 cm³/mol. The molecule has 28 heavy (non-hydrogen) atoms. The first kappa shape index (κ1) is 20.4. The molecule has 0 radical (unpaired) electrons. The number of ether oxygens (including phenoxy) is 1. The van der Waals surface area contributed by atoms with E-state index in [0.29, 0.717) is 13.0 Å². The minimum atomic E-state index is -0.419. The highest BCUT2D eigenvalue weighted by Crippen LogP contribution is 2.36. The van der Waals surface area contributed by atoms with Crippen LogP contribution in [0.2, 0.25) is 0 Å². The van der Waals surface area contributed by atoms with E-state index in [9.17, 15) is 4.79 Å². The Morgan fingerprint density at radius 1 is 0.964 bits per heavy atom. The van der Waals surface area contributed by atoms with Gasteiger partial charge in [-0.25, -0.2) is 4.79 Å². The number of amides is 1. The minimum absolute atomic E-state index is 0.261. The Balaban J connectivity index is 1.54. The van der Waals surface area contributed by atoms with Crippen LogP contribution in [0.5, 0.6) is 0 Å². The lowest BCUT2D eigenvalue weighted by molar-refractivity contribution is 0.00578. The summed E-state index contributed by atoms with van der Waals surface area (Å²) in [5.41, 5.74) is 2.28. The summed E-state index contributed by atoms with van der Waals surface area (Å²) < 4.78 is 17.6. The number of hydrogen-bond acceptors (Lipinski definition) is 4. The maximum absolute atomic E-state index is 11.9. The van der Waals surface area contributed by atoms with Gasteiger partial charge in [-0.05, 0) is 50.7 Å². The zero-order valence-electron chi connectivity index (χ0n) is 17.0. The number of benzene rings is 2. The van der Waals surface area contributed by atoms with Crippen molar-refractivity contribution in [1.29, 1.82) is 0 Å². The lowest BCUT2D eigenvalue weighted by Crippen LogP contribution is -2.41.